The Kier molecular flexibility index (Phi) is 6.22. The van der Waals surface area contributed by atoms with Crippen LogP contribution in [0.5, 0.6) is 0 Å². The molecule has 1 unspecified atom stereocenters. The maximum atomic E-state index is 4.38. The van der Waals surface area contributed by atoms with Crippen LogP contribution in [0.2, 0.25) is 0 Å². The smallest absolute Gasteiger partial charge is 0.0525 e. The van der Waals surface area contributed by atoms with Crippen molar-refractivity contribution in [2.75, 3.05) is 27.2 Å². The highest BCUT2D eigenvalue weighted by atomic mass is 15.3. The fraction of sp³-hybridized carbons (Fsp3) is 0.769. The molecule has 1 N–H and O–H groups in total. The molecule has 4 heteroatoms. The van der Waals surface area contributed by atoms with Gasteiger partial charge in [-0.15, -0.1) is 0 Å². The third kappa shape index (κ3) is 4.88. The predicted molar refractivity (Wildman–Crippen MR) is 72.1 cm³/mol. The van der Waals surface area contributed by atoms with Gasteiger partial charge in [0.05, 0.1) is 5.69 Å². The number of aromatic nitrogens is 2. The van der Waals surface area contributed by atoms with Crippen LogP contribution in [-0.4, -0.2) is 41.9 Å². The second kappa shape index (κ2) is 7.45. The van der Waals surface area contributed by atoms with E-state index in [1.807, 2.05) is 6.20 Å². The quantitative estimate of drug-likeness (QED) is 0.702. The van der Waals surface area contributed by atoms with Gasteiger partial charge in [0.1, 0.15) is 0 Å². The zero-order valence-electron chi connectivity index (χ0n) is 11.6. The summed E-state index contributed by atoms with van der Waals surface area (Å²) in [5, 5.41) is 7.86. The van der Waals surface area contributed by atoms with E-state index in [1.54, 1.807) is 0 Å². The van der Waals surface area contributed by atoms with Gasteiger partial charge in [0.15, 0.2) is 0 Å². The van der Waals surface area contributed by atoms with Crippen molar-refractivity contribution in [1.82, 2.24) is 20.0 Å². The average molecular weight is 238 g/mol. The largest absolute Gasteiger partial charge is 0.311 e. The van der Waals surface area contributed by atoms with E-state index in [-0.39, 0.29) is 0 Å². The van der Waals surface area contributed by atoms with Crippen molar-refractivity contribution in [3.63, 3.8) is 0 Å². The molecule has 0 aliphatic heterocycles. The molecule has 0 saturated carbocycles. The molecule has 0 radical (unpaired) electrons. The summed E-state index contributed by atoms with van der Waals surface area (Å²) in [5.41, 5.74) is 1.28. The minimum absolute atomic E-state index is 0.489. The summed E-state index contributed by atoms with van der Waals surface area (Å²) >= 11 is 0. The number of hydrogen-bond acceptors (Lipinski definition) is 3. The number of hydrogen-bond donors (Lipinski definition) is 1. The van der Waals surface area contributed by atoms with Crippen LogP contribution in [0.25, 0.3) is 0 Å². The lowest BCUT2D eigenvalue weighted by molar-refractivity contribution is 0.391. The molecule has 98 valence electrons. The molecule has 0 fully saturated rings. The van der Waals surface area contributed by atoms with E-state index in [9.17, 15) is 0 Å². The molecule has 1 heterocycles. The highest BCUT2D eigenvalue weighted by Crippen LogP contribution is 2.11. The molecule has 1 aromatic rings. The normalized spacial score (nSPS) is 13.2. The summed E-state index contributed by atoms with van der Waals surface area (Å²) in [7, 11) is 4.22. The Morgan fingerprint density at radius 1 is 1.47 bits per heavy atom. The SMILES string of the molecule is CCC(C)n1nccc1CNCCCN(C)C. The Labute approximate surface area is 105 Å². The topological polar surface area (TPSA) is 33.1 Å². The zero-order valence-corrected chi connectivity index (χ0v) is 11.6. The summed E-state index contributed by atoms with van der Waals surface area (Å²) < 4.78 is 2.12. The highest BCUT2D eigenvalue weighted by molar-refractivity contribution is 5.01. The molecular formula is C13H26N4. The molecular weight excluding hydrogens is 212 g/mol. The molecule has 0 aromatic carbocycles. The van der Waals surface area contributed by atoms with Crippen molar-refractivity contribution in [1.29, 1.82) is 0 Å². The van der Waals surface area contributed by atoms with Gasteiger partial charge in [0.25, 0.3) is 0 Å². The highest BCUT2D eigenvalue weighted by Gasteiger charge is 2.07. The van der Waals surface area contributed by atoms with Crippen LogP contribution in [0, 0.1) is 0 Å². The molecule has 1 atom stereocenters. The molecule has 0 aliphatic rings. The monoisotopic (exact) mass is 238 g/mol. The van der Waals surface area contributed by atoms with E-state index in [0.29, 0.717) is 6.04 Å². The minimum Gasteiger partial charge on any atom is -0.311 e. The van der Waals surface area contributed by atoms with E-state index in [1.165, 1.54) is 12.1 Å². The molecule has 17 heavy (non-hydrogen) atoms. The van der Waals surface area contributed by atoms with Crippen LogP contribution in [-0.2, 0) is 6.54 Å². The molecule has 0 aliphatic carbocycles. The summed E-state index contributed by atoms with van der Waals surface area (Å²) in [4.78, 5) is 2.21. The van der Waals surface area contributed by atoms with Crippen molar-refractivity contribution in [3.05, 3.63) is 18.0 Å². The standard InChI is InChI=1S/C13H26N4/c1-5-12(2)17-13(7-9-15-17)11-14-8-6-10-16(3)4/h7,9,12,14H,5-6,8,10-11H2,1-4H3. The van der Waals surface area contributed by atoms with Crippen molar-refractivity contribution in [3.8, 4) is 0 Å². The number of nitrogens with zero attached hydrogens (tertiary/aromatic N) is 3. The van der Waals surface area contributed by atoms with Gasteiger partial charge in [-0.25, -0.2) is 0 Å². The van der Waals surface area contributed by atoms with Crippen molar-refractivity contribution < 1.29 is 0 Å². The summed E-state index contributed by atoms with van der Waals surface area (Å²) in [6.07, 6.45) is 4.20. The van der Waals surface area contributed by atoms with Crippen molar-refractivity contribution in [2.24, 2.45) is 0 Å². The Morgan fingerprint density at radius 3 is 2.88 bits per heavy atom. The molecule has 0 amide bonds. The van der Waals surface area contributed by atoms with Gasteiger partial charge in [0, 0.05) is 18.8 Å². The molecule has 4 nitrogen and oxygen atoms in total. The fourth-order valence-electron chi connectivity index (χ4n) is 1.79. The van der Waals surface area contributed by atoms with Gasteiger partial charge >= 0.3 is 0 Å². The van der Waals surface area contributed by atoms with Gasteiger partial charge in [0.2, 0.25) is 0 Å². The van der Waals surface area contributed by atoms with Gasteiger partial charge < -0.3 is 10.2 Å². The fourth-order valence-corrected chi connectivity index (χ4v) is 1.79. The third-order valence-corrected chi connectivity index (χ3v) is 3.03. The molecule has 0 spiro atoms. The Morgan fingerprint density at radius 2 is 2.24 bits per heavy atom. The third-order valence-electron chi connectivity index (χ3n) is 3.03. The molecule has 0 bridgehead atoms. The summed E-state index contributed by atoms with van der Waals surface area (Å²) in [6, 6.07) is 2.59. The first kappa shape index (κ1) is 14.2. The maximum absolute atomic E-state index is 4.38. The van der Waals surface area contributed by atoms with Crippen LogP contribution >= 0.6 is 0 Å². The zero-order chi connectivity index (χ0) is 12.7. The van der Waals surface area contributed by atoms with E-state index < -0.39 is 0 Å². The molecule has 1 rings (SSSR count). The van der Waals surface area contributed by atoms with E-state index >= 15 is 0 Å². The molecule has 1 aromatic heterocycles. The number of rotatable bonds is 8. The first-order chi connectivity index (χ1) is 8.15. The lowest BCUT2D eigenvalue weighted by atomic mass is 10.2. The van der Waals surface area contributed by atoms with E-state index in [2.05, 4.69) is 54.0 Å². The van der Waals surface area contributed by atoms with Crippen LogP contribution in [0.15, 0.2) is 12.3 Å². The Bertz CT molecular complexity index is 306. The van der Waals surface area contributed by atoms with Crippen LogP contribution < -0.4 is 5.32 Å². The van der Waals surface area contributed by atoms with Crippen LogP contribution in [0.3, 0.4) is 0 Å². The summed E-state index contributed by atoms with van der Waals surface area (Å²) in [6.45, 7) is 7.52. The van der Waals surface area contributed by atoms with Crippen molar-refractivity contribution in [2.45, 2.75) is 39.3 Å². The Hall–Kier alpha value is -0.870. The number of nitrogens with one attached hydrogen (secondary N) is 1. The maximum Gasteiger partial charge on any atom is 0.0525 e. The van der Waals surface area contributed by atoms with Gasteiger partial charge in [-0.1, -0.05) is 6.92 Å². The van der Waals surface area contributed by atoms with E-state index in [4.69, 9.17) is 0 Å². The van der Waals surface area contributed by atoms with Crippen molar-refractivity contribution >= 4 is 0 Å². The van der Waals surface area contributed by atoms with Gasteiger partial charge in [-0.3, -0.25) is 4.68 Å². The van der Waals surface area contributed by atoms with Crippen LogP contribution in [0.1, 0.15) is 38.4 Å². The lowest BCUT2D eigenvalue weighted by Crippen LogP contribution is -2.22. The van der Waals surface area contributed by atoms with Crippen LogP contribution in [0.4, 0.5) is 0 Å². The minimum atomic E-state index is 0.489. The second-order valence-electron chi connectivity index (χ2n) is 4.86. The van der Waals surface area contributed by atoms with E-state index in [0.717, 1.165) is 26.1 Å². The molecule has 0 saturated heterocycles. The first-order valence-electron chi connectivity index (χ1n) is 6.53. The first-order valence-corrected chi connectivity index (χ1v) is 6.53. The Balaban J connectivity index is 2.29. The second-order valence-corrected chi connectivity index (χ2v) is 4.86. The van der Waals surface area contributed by atoms with Gasteiger partial charge in [-0.05, 0) is 53.0 Å². The lowest BCUT2D eigenvalue weighted by Gasteiger charge is -2.14. The average Bonchev–Trinajstić information content (AvgIpc) is 2.75. The predicted octanol–water partition coefficient (Wildman–Crippen LogP) is 1.90. The summed E-state index contributed by atoms with van der Waals surface area (Å²) in [5.74, 6) is 0. The van der Waals surface area contributed by atoms with Gasteiger partial charge in [-0.2, -0.15) is 5.10 Å².